The molecule has 1 aromatic heterocycles. The smallest absolute Gasteiger partial charge is 0.339 e. The normalized spacial score (nSPS) is 10.4. The van der Waals surface area contributed by atoms with E-state index in [4.69, 9.17) is 5.11 Å². The van der Waals surface area contributed by atoms with Gasteiger partial charge in [-0.1, -0.05) is 0 Å². The van der Waals surface area contributed by atoms with Gasteiger partial charge in [-0.15, -0.1) is 0 Å². The lowest BCUT2D eigenvalue weighted by atomic mass is 10.2. The van der Waals surface area contributed by atoms with Crippen LogP contribution in [0, 0.1) is 0 Å². The summed E-state index contributed by atoms with van der Waals surface area (Å²) in [5, 5.41) is 25.7. The lowest BCUT2D eigenvalue weighted by Crippen LogP contribution is -2.04. The van der Waals surface area contributed by atoms with Gasteiger partial charge in [0.2, 0.25) is 0 Å². The zero-order chi connectivity index (χ0) is 13.8. The van der Waals surface area contributed by atoms with Crippen molar-refractivity contribution in [2.75, 3.05) is 5.32 Å². The summed E-state index contributed by atoms with van der Waals surface area (Å²) >= 11 is 0. The van der Waals surface area contributed by atoms with Crippen LogP contribution in [0.4, 0.5) is 5.69 Å². The fourth-order valence-electron chi connectivity index (χ4n) is 1.68. The van der Waals surface area contributed by atoms with E-state index in [1.54, 1.807) is 6.07 Å². The maximum absolute atomic E-state index is 10.9. The SMILES string of the molecule is CCn1ccc(CNc2ccc(O)c(C(=O)O)c2)n1. The third-order valence-corrected chi connectivity index (χ3v) is 2.72. The summed E-state index contributed by atoms with van der Waals surface area (Å²) in [6.45, 7) is 3.31. The second-order valence-electron chi connectivity index (χ2n) is 4.05. The number of aryl methyl sites for hydroxylation is 1. The van der Waals surface area contributed by atoms with E-state index in [9.17, 15) is 9.90 Å². The second-order valence-corrected chi connectivity index (χ2v) is 4.05. The first-order chi connectivity index (χ1) is 9.10. The Bertz CT molecular complexity index is 593. The minimum Gasteiger partial charge on any atom is -0.507 e. The van der Waals surface area contributed by atoms with E-state index in [1.165, 1.54) is 12.1 Å². The van der Waals surface area contributed by atoms with E-state index >= 15 is 0 Å². The molecule has 0 amide bonds. The highest BCUT2D eigenvalue weighted by atomic mass is 16.4. The molecule has 0 unspecified atom stereocenters. The molecule has 2 aromatic rings. The number of aromatic carboxylic acids is 1. The van der Waals surface area contributed by atoms with E-state index in [-0.39, 0.29) is 11.3 Å². The molecule has 1 heterocycles. The van der Waals surface area contributed by atoms with Crippen LogP contribution < -0.4 is 5.32 Å². The minimum absolute atomic E-state index is 0.121. The van der Waals surface area contributed by atoms with Crippen molar-refractivity contribution in [1.82, 2.24) is 9.78 Å². The molecule has 0 aliphatic heterocycles. The van der Waals surface area contributed by atoms with Crippen molar-refractivity contribution >= 4 is 11.7 Å². The number of rotatable bonds is 5. The Kier molecular flexibility index (Phi) is 3.70. The number of nitrogens with one attached hydrogen (secondary N) is 1. The molecular formula is C13H15N3O3. The van der Waals surface area contributed by atoms with Gasteiger partial charge < -0.3 is 15.5 Å². The highest BCUT2D eigenvalue weighted by molar-refractivity contribution is 5.91. The zero-order valence-corrected chi connectivity index (χ0v) is 10.5. The lowest BCUT2D eigenvalue weighted by molar-refractivity contribution is 0.0694. The average molecular weight is 261 g/mol. The van der Waals surface area contributed by atoms with Crippen molar-refractivity contribution in [3.63, 3.8) is 0 Å². The summed E-state index contributed by atoms with van der Waals surface area (Å²) in [6, 6.07) is 6.28. The van der Waals surface area contributed by atoms with Gasteiger partial charge in [0.1, 0.15) is 11.3 Å². The fraction of sp³-hybridized carbons (Fsp3) is 0.231. The second kappa shape index (κ2) is 5.43. The van der Waals surface area contributed by atoms with Gasteiger partial charge in [-0.3, -0.25) is 4.68 Å². The quantitative estimate of drug-likeness (QED) is 0.716. The summed E-state index contributed by atoms with van der Waals surface area (Å²) in [5.74, 6) is -1.40. The van der Waals surface area contributed by atoms with Crippen molar-refractivity contribution in [3.8, 4) is 5.75 Å². The predicted octanol–water partition coefficient (Wildman–Crippen LogP) is 1.92. The predicted molar refractivity (Wildman–Crippen MR) is 70.3 cm³/mol. The number of hydrogen-bond acceptors (Lipinski definition) is 4. The highest BCUT2D eigenvalue weighted by Gasteiger charge is 2.10. The van der Waals surface area contributed by atoms with E-state index in [0.29, 0.717) is 12.2 Å². The van der Waals surface area contributed by atoms with Crippen molar-refractivity contribution in [2.45, 2.75) is 20.0 Å². The van der Waals surface area contributed by atoms with Gasteiger partial charge in [-0.25, -0.2) is 4.79 Å². The highest BCUT2D eigenvalue weighted by Crippen LogP contribution is 2.21. The van der Waals surface area contributed by atoms with Crippen molar-refractivity contribution in [1.29, 1.82) is 0 Å². The first-order valence-corrected chi connectivity index (χ1v) is 5.92. The first kappa shape index (κ1) is 12.9. The largest absolute Gasteiger partial charge is 0.507 e. The molecule has 0 bridgehead atoms. The standard InChI is InChI=1S/C13H15N3O3/c1-2-16-6-5-10(15-16)8-14-9-3-4-12(17)11(7-9)13(18)19/h3-7,14,17H,2,8H2,1H3,(H,18,19). The molecule has 0 radical (unpaired) electrons. The van der Waals surface area contributed by atoms with Gasteiger partial charge in [0.05, 0.1) is 12.2 Å². The molecule has 6 nitrogen and oxygen atoms in total. The molecule has 3 N–H and O–H groups in total. The van der Waals surface area contributed by atoms with Crippen molar-refractivity contribution in [3.05, 3.63) is 41.7 Å². The van der Waals surface area contributed by atoms with E-state index in [2.05, 4.69) is 10.4 Å². The van der Waals surface area contributed by atoms with Crippen LogP contribution in [0.5, 0.6) is 5.75 Å². The Balaban J connectivity index is 2.07. The number of hydrogen-bond donors (Lipinski definition) is 3. The van der Waals surface area contributed by atoms with Gasteiger partial charge in [0, 0.05) is 18.4 Å². The van der Waals surface area contributed by atoms with E-state index < -0.39 is 5.97 Å². The van der Waals surface area contributed by atoms with Gasteiger partial charge in [-0.05, 0) is 31.2 Å². The number of carboxylic acids is 1. The Morgan fingerprint density at radius 2 is 2.21 bits per heavy atom. The molecule has 100 valence electrons. The van der Waals surface area contributed by atoms with E-state index in [1.807, 2.05) is 23.9 Å². The Labute approximate surface area is 110 Å². The van der Waals surface area contributed by atoms with E-state index in [0.717, 1.165) is 12.2 Å². The fourth-order valence-corrected chi connectivity index (χ4v) is 1.68. The molecule has 6 heteroatoms. The van der Waals surface area contributed by atoms with Gasteiger partial charge in [0.15, 0.2) is 0 Å². The molecule has 0 spiro atoms. The van der Waals surface area contributed by atoms with Crippen LogP contribution >= 0.6 is 0 Å². The minimum atomic E-state index is -1.16. The first-order valence-electron chi connectivity index (χ1n) is 5.92. The van der Waals surface area contributed by atoms with Crippen LogP contribution in [-0.4, -0.2) is 26.0 Å². The number of anilines is 1. The molecule has 0 fully saturated rings. The van der Waals surface area contributed by atoms with Crippen LogP contribution in [0.25, 0.3) is 0 Å². The summed E-state index contributed by atoms with van der Waals surface area (Å²) in [5.41, 5.74) is 1.37. The molecule has 0 atom stereocenters. The van der Waals surface area contributed by atoms with Crippen LogP contribution in [0.15, 0.2) is 30.5 Å². The molecule has 0 saturated carbocycles. The molecule has 2 rings (SSSR count). The summed E-state index contributed by atoms with van der Waals surface area (Å²) in [4.78, 5) is 10.9. The van der Waals surface area contributed by atoms with Crippen LogP contribution in [0.1, 0.15) is 23.0 Å². The third kappa shape index (κ3) is 3.04. The monoisotopic (exact) mass is 261 g/mol. The van der Waals surface area contributed by atoms with Crippen LogP contribution in [-0.2, 0) is 13.1 Å². The van der Waals surface area contributed by atoms with Crippen LogP contribution in [0.3, 0.4) is 0 Å². The number of carboxylic acid groups (broad SMARTS) is 1. The lowest BCUT2D eigenvalue weighted by Gasteiger charge is -2.06. The summed E-state index contributed by atoms with van der Waals surface area (Å²) in [7, 11) is 0. The van der Waals surface area contributed by atoms with Gasteiger partial charge in [0.25, 0.3) is 0 Å². The van der Waals surface area contributed by atoms with Crippen molar-refractivity contribution < 1.29 is 15.0 Å². The molecule has 0 aliphatic carbocycles. The number of benzene rings is 1. The summed E-state index contributed by atoms with van der Waals surface area (Å²) < 4.78 is 1.82. The third-order valence-electron chi connectivity index (χ3n) is 2.72. The van der Waals surface area contributed by atoms with Crippen LogP contribution in [0.2, 0.25) is 0 Å². The maximum atomic E-state index is 10.9. The van der Waals surface area contributed by atoms with Gasteiger partial charge in [-0.2, -0.15) is 5.10 Å². The number of aromatic hydroxyl groups is 1. The number of nitrogens with zero attached hydrogens (tertiary/aromatic N) is 2. The molecule has 1 aromatic carbocycles. The number of carbonyl (C=O) groups is 1. The van der Waals surface area contributed by atoms with Gasteiger partial charge >= 0.3 is 5.97 Å². The maximum Gasteiger partial charge on any atom is 0.339 e. The summed E-state index contributed by atoms with van der Waals surface area (Å²) in [6.07, 6.45) is 1.89. The molecule has 0 aliphatic rings. The average Bonchev–Trinajstić information content (AvgIpc) is 2.85. The Morgan fingerprint density at radius 3 is 2.84 bits per heavy atom. The Morgan fingerprint density at radius 1 is 1.42 bits per heavy atom. The Hall–Kier alpha value is -2.50. The molecule has 0 saturated heterocycles. The molecule has 19 heavy (non-hydrogen) atoms. The number of phenols is 1. The zero-order valence-electron chi connectivity index (χ0n) is 10.5. The van der Waals surface area contributed by atoms with Crippen molar-refractivity contribution in [2.24, 2.45) is 0 Å². The number of aromatic nitrogens is 2. The molecular weight excluding hydrogens is 246 g/mol. The topological polar surface area (TPSA) is 87.4 Å².